The third kappa shape index (κ3) is 2.23. The number of thiophene rings is 1. The first-order valence-electron chi connectivity index (χ1n) is 5.96. The number of rotatable bonds is 2. The lowest BCUT2D eigenvalue weighted by molar-refractivity contribution is 0.0623. The Balaban J connectivity index is 1.95. The topological polar surface area (TPSA) is 35.9 Å². The smallest absolute Gasteiger partial charge is 0.115 e. The second kappa shape index (κ2) is 5.09. The molecule has 18 heavy (non-hydrogen) atoms. The largest absolute Gasteiger partial charge is 0.378 e. The Kier molecular flexibility index (Phi) is 3.48. The fourth-order valence-electron chi connectivity index (χ4n) is 2.35. The van der Waals surface area contributed by atoms with Gasteiger partial charge >= 0.3 is 0 Å². The van der Waals surface area contributed by atoms with Crippen LogP contribution in [0, 0.1) is 0 Å². The summed E-state index contributed by atoms with van der Waals surface area (Å²) < 4.78 is 6.19. The van der Waals surface area contributed by atoms with Gasteiger partial charge in [0.2, 0.25) is 0 Å². The molecular formula is C12H15ClN2O2S. The first-order chi connectivity index (χ1) is 8.78. The van der Waals surface area contributed by atoms with Crippen LogP contribution in [0.5, 0.6) is 0 Å². The van der Waals surface area contributed by atoms with Crippen molar-refractivity contribution in [3.63, 3.8) is 0 Å². The summed E-state index contributed by atoms with van der Waals surface area (Å²) >= 11 is 7.70. The minimum absolute atomic E-state index is 0.0306. The second-order valence-corrected chi connectivity index (χ2v) is 6.16. The fourth-order valence-corrected chi connectivity index (χ4v) is 3.65. The summed E-state index contributed by atoms with van der Waals surface area (Å²) in [6, 6.07) is 2.03. The van der Waals surface area contributed by atoms with E-state index in [2.05, 4.69) is 4.90 Å². The van der Waals surface area contributed by atoms with Crippen LogP contribution in [0.15, 0.2) is 12.3 Å². The zero-order valence-corrected chi connectivity index (χ0v) is 11.5. The monoisotopic (exact) mass is 286 g/mol. The molecule has 4 nitrogen and oxygen atoms in total. The van der Waals surface area contributed by atoms with Crippen molar-refractivity contribution >= 4 is 28.6 Å². The highest BCUT2D eigenvalue weighted by Crippen LogP contribution is 2.37. The normalized spacial score (nSPS) is 19.8. The van der Waals surface area contributed by atoms with Gasteiger partial charge in [0.1, 0.15) is 6.73 Å². The molecule has 0 unspecified atom stereocenters. The van der Waals surface area contributed by atoms with Gasteiger partial charge in [-0.1, -0.05) is 11.6 Å². The van der Waals surface area contributed by atoms with Crippen LogP contribution in [0.25, 0.3) is 5.70 Å². The van der Waals surface area contributed by atoms with Crippen molar-refractivity contribution in [3.05, 3.63) is 27.0 Å². The number of fused-ring (bicyclic) bond motifs is 1. The van der Waals surface area contributed by atoms with E-state index >= 15 is 0 Å². The first kappa shape index (κ1) is 12.3. The molecule has 6 heteroatoms. The van der Waals surface area contributed by atoms with Crippen molar-refractivity contribution in [2.24, 2.45) is 0 Å². The van der Waals surface area contributed by atoms with Crippen molar-refractivity contribution in [3.8, 4) is 0 Å². The Bertz CT molecular complexity index is 469. The number of ether oxygens (including phenoxy) is 1. The van der Waals surface area contributed by atoms with Crippen LogP contribution in [-0.2, 0) is 11.3 Å². The summed E-state index contributed by atoms with van der Waals surface area (Å²) in [4.78, 5) is 5.42. The Morgan fingerprint density at radius 3 is 2.89 bits per heavy atom. The van der Waals surface area contributed by atoms with Gasteiger partial charge in [0.15, 0.2) is 0 Å². The van der Waals surface area contributed by atoms with Crippen LogP contribution in [-0.4, -0.2) is 47.9 Å². The molecule has 0 spiro atoms. The van der Waals surface area contributed by atoms with E-state index in [0.717, 1.165) is 42.9 Å². The maximum Gasteiger partial charge on any atom is 0.115 e. The lowest BCUT2D eigenvalue weighted by Gasteiger charge is -2.35. The van der Waals surface area contributed by atoms with Gasteiger partial charge in [-0.25, -0.2) is 0 Å². The molecule has 1 N–H and O–H groups in total. The molecule has 3 heterocycles. The summed E-state index contributed by atoms with van der Waals surface area (Å²) in [6.45, 7) is 4.04. The minimum atomic E-state index is 0.0306. The summed E-state index contributed by atoms with van der Waals surface area (Å²) in [7, 11) is 0. The van der Waals surface area contributed by atoms with Crippen LogP contribution in [0.1, 0.15) is 10.4 Å². The molecule has 1 fully saturated rings. The van der Waals surface area contributed by atoms with Gasteiger partial charge in [0, 0.05) is 29.7 Å². The molecule has 0 amide bonds. The maximum atomic E-state index is 9.35. The van der Waals surface area contributed by atoms with Gasteiger partial charge in [-0.3, -0.25) is 0 Å². The quantitative estimate of drug-likeness (QED) is 0.899. The van der Waals surface area contributed by atoms with E-state index in [9.17, 15) is 5.11 Å². The van der Waals surface area contributed by atoms with Crippen molar-refractivity contribution in [2.75, 3.05) is 33.0 Å². The molecule has 0 atom stereocenters. The van der Waals surface area contributed by atoms with Crippen LogP contribution in [0.3, 0.4) is 0 Å². The van der Waals surface area contributed by atoms with Gasteiger partial charge in [0.25, 0.3) is 0 Å². The third-order valence-electron chi connectivity index (χ3n) is 3.24. The van der Waals surface area contributed by atoms with Crippen molar-refractivity contribution in [1.29, 1.82) is 0 Å². The van der Waals surface area contributed by atoms with Gasteiger partial charge in [-0.15, -0.1) is 11.3 Å². The highest BCUT2D eigenvalue weighted by atomic mass is 35.5. The lowest BCUT2D eigenvalue weighted by atomic mass is 10.1. The average Bonchev–Trinajstić information content (AvgIpc) is 2.78. The number of aliphatic hydroxyl groups is 1. The molecular weight excluding hydrogens is 272 g/mol. The Labute approximate surface area is 115 Å². The zero-order chi connectivity index (χ0) is 12.5. The molecule has 2 aliphatic heterocycles. The van der Waals surface area contributed by atoms with Gasteiger partial charge in [0.05, 0.1) is 29.8 Å². The van der Waals surface area contributed by atoms with Crippen LogP contribution in [0.4, 0.5) is 0 Å². The molecule has 0 bridgehead atoms. The van der Waals surface area contributed by atoms with Gasteiger partial charge < -0.3 is 19.6 Å². The molecule has 1 aromatic heterocycles. The van der Waals surface area contributed by atoms with E-state index < -0.39 is 0 Å². The Hall–Kier alpha value is -0.750. The molecule has 0 radical (unpaired) electrons. The predicted molar refractivity (Wildman–Crippen MR) is 72.3 cm³/mol. The highest BCUT2D eigenvalue weighted by molar-refractivity contribution is 7.16. The first-order valence-corrected chi connectivity index (χ1v) is 7.15. The van der Waals surface area contributed by atoms with Crippen molar-refractivity contribution in [2.45, 2.75) is 6.54 Å². The number of nitrogens with zero attached hydrogens (tertiary/aromatic N) is 2. The van der Waals surface area contributed by atoms with Crippen molar-refractivity contribution < 1.29 is 9.84 Å². The van der Waals surface area contributed by atoms with E-state index in [1.807, 2.05) is 17.2 Å². The third-order valence-corrected chi connectivity index (χ3v) is 4.49. The fraction of sp³-hybridized carbons (Fsp3) is 0.500. The maximum absolute atomic E-state index is 9.35. The van der Waals surface area contributed by atoms with Gasteiger partial charge in [-0.05, 0) is 6.07 Å². The Morgan fingerprint density at radius 2 is 2.17 bits per heavy atom. The molecule has 3 rings (SSSR count). The Morgan fingerprint density at radius 1 is 1.39 bits per heavy atom. The zero-order valence-electron chi connectivity index (χ0n) is 9.93. The molecule has 0 aliphatic carbocycles. The van der Waals surface area contributed by atoms with E-state index in [1.165, 1.54) is 10.4 Å². The SMILES string of the molecule is OCN1C=C(N2CCOCC2)c2cc(Cl)sc2C1. The number of aliphatic hydroxyl groups excluding tert-OH is 1. The van der Waals surface area contributed by atoms with Crippen LogP contribution < -0.4 is 0 Å². The minimum Gasteiger partial charge on any atom is -0.378 e. The molecule has 0 aromatic carbocycles. The van der Waals surface area contributed by atoms with Crippen molar-refractivity contribution in [1.82, 2.24) is 9.80 Å². The summed E-state index contributed by atoms with van der Waals surface area (Å²) in [5.74, 6) is 0. The van der Waals surface area contributed by atoms with Crippen LogP contribution >= 0.6 is 22.9 Å². The predicted octanol–water partition coefficient (Wildman–Crippen LogP) is 1.80. The van der Waals surface area contributed by atoms with E-state index in [4.69, 9.17) is 16.3 Å². The van der Waals surface area contributed by atoms with Crippen LogP contribution in [0.2, 0.25) is 4.34 Å². The molecule has 98 valence electrons. The molecule has 2 aliphatic rings. The second-order valence-electron chi connectivity index (χ2n) is 4.39. The average molecular weight is 287 g/mol. The molecule has 1 saturated heterocycles. The molecule has 0 saturated carbocycles. The molecule has 1 aromatic rings. The highest BCUT2D eigenvalue weighted by Gasteiger charge is 2.24. The lowest BCUT2D eigenvalue weighted by Crippen LogP contribution is -2.37. The number of halogens is 1. The van der Waals surface area contributed by atoms with Gasteiger partial charge in [-0.2, -0.15) is 0 Å². The summed E-state index contributed by atoms with van der Waals surface area (Å²) in [6.07, 6.45) is 2.02. The van der Waals surface area contributed by atoms with E-state index in [1.54, 1.807) is 11.3 Å². The van der Waals surface area contributed by atoms with E-state index in [-0.39, 0.29) is 6.73 Å². The number of morpholine rings is 1. The van der Waals surface area contributed by atoms with E-state index in [0.29, 0.717) is 0 Å². The summed E-state index contributed by atoms with van der Waals surface area (Å²) in [5, 5.41) is 9.35. The number of hydrogen-bond donors (Lipinski definition) is 1. The standard InChI is InChI=1S/C12H15ClN2O2S/c13-12-5-9-10(15-1-3-17-4-2-15)6-14(8-16)7-11(9)18-12/h5-6,16H,1-4,7-8H2. The summed E-state index contributed by atoms with van der Waals surface area (Å²) in [5.41, 5.74) is 2.35. The number of hydrogen-bond acceptors (Lipinski definition) is 5.